The van der Waals surface area contributed by atoms with Crippen molar-refractivity contribution in [3.63, 3.8) is 0 Å². The van der Waals surface area contributed by atoms with Crippen molar-refractivity contribution in [3.8, 4) is 0 Å². The van der Waals surface area contributed by atoms with E-state index in [-0.39, 0.29) is 25.7 Å². The molecule has 0 saturated heterocycles. The fourth-order valence-corrected chi connectivity index (χ4v) is 13.0. The molecule has 17 nitrogen and oxygen atoms in total. The minimum atomic E-state index is -4.96. The zero-order valence-corrected chi connectivity index (χ0v) is 63.2. The predicted octanol–water partition coefficient (Wildman–Crippen LogP) is 21.8. The molecule has 0 fully saturated rings. The fourth-order valence-electron chi connectivity index (χ4n) is 11.4. The molecule has 6 atom stereocenters. The predicted molar refractivity (Wildman–Crippen MR) is 381 cm³/mol. The van der Waals surface area contributed by atoms with Crippen molar-refractivity contribution >= 4 is 39.5 Å². The van der Waals surface area contributed by atoms with Crippen LogP contribution in [0.25, 0.3) is 0 Å². The molecule has 3 N–H and O–H groups in total. The highest BCUT2D eigenvalue weighted by atomic mass is 31.2. The van der Waals surface area contributed by atoms with Gasteiger partial charge in [-0.15, -0.1) is 0 Å². The monoisotopic (exact) mass is 1380 g/mol. The molecule has 0 radical (unpaired) electrons. The number of hydrogen-bond donors (Lipinski definition) is 3. The van der Waals surface area contributed by atoms with Crippen LogP contribution in [0.15, 0.2) is 0 Å². The van der Waals surface area contributed by atoms with E-state index in [0.717, 1.165) is 108 Å². The van der Waals surface area contributed by atoms with Gasteiger partial charge in [0, 0.05) is 25.7 Å². The summed E-state index contributed by atoms with van der Waals surface area (Å²) < 4.78 is 68.5. The van der Waals surface area contributed by atoms with E-state index < -0.39 is 97.5 Å². The van der Waals surface area contributed by atoms with Crippen molar-refractivity contribution in [3.05, 3.63) is 0 Å². The number of aliphatic hydroxyl groups excluding tert-OH is 1. The Kier molecular flexibility index (Phi) is 64.3. The number of phosphoric acid groups is 2. The lowest BCUT2D eigenvalue weighted by molar-refractivity contribution is -0.161. The highest BCUT2D eigenvalue weighted by Gasteiger charge is 2.30. The number of carbonyl (C=O) groups is 4. The second-order valence-corrected chi connectivity index (χ2v) is 31.1. The summed E-state index contributed by atoms with van der Waals surface area (Å²) in [6.45, 7) is 11.9. The summed E-state index contributed by atoms with van der Waals surface area (Å²) in [5.41, 5.74) is 0. The number of phosphoric ester groups is 2. The van der Waals surface area contributed by atoms with Crippen LogP contribution in [0, 0.1) is 17.8 Å². The van der Waals surface area contributed by atoms with Crippen LogP contribution in [0.2, 0.25) is 0 Å². The molecule has 19 heteroatoms. The Balaban J connectivity index is 5.27. The standard InChI is InChI=1S/C75H146O17P2/c1-8-10-11-12-13-14-15-16-17-18-19-20-29-37-44-51-58-74(79)91-70(62-85-72(77)56-49-42-35-28-22-21-27-34-41-48-55-68(7)9-2)64-89-93(81,82)87-60-69(76)61-88-94(83,84)90-65-71(92-75(80)59-52-45-38-31-24-26-33-40-47-54-67(5)6)63-86-73(78)57-50-43-36-30-23-25-32-39-46-53-66(3)4/h66-71,76H,8-65H2,1-7H3,(H,81,82)(H,83,84)/t68?,69-,70-,71-/m1/s1. The maximum absolute atomic E-state index is 13.1. The van der Waals surface area contributed by atoms with Gasteiger partial charge in [-0.3, -0.25) is 37.3 Å². The third-order valence-electron chi connectivity index (χ3n) is 17.7. The number of hydrogen-bond acceptors (Lipinski definition) is 15. The van der Waals surface area contributed by atoms with Gasteiger partial charge in [-0.05, 0) is 43.4 Å². The molecular formula is C75H146O17P2. The summed E-state index contributed by atoms with van der Waals surface area (Å²) in [6.07, 6.45) is 51.2. The van der Waals surface area contributed by atoms with Gasteiger partial charge in [0.05, 0.1) is 26.4 Å². The van der Waals surface area contributed by atoms with Gasteiger partial charge in [-0.1, -0.05) is 331 Å². The summed E-state index contributed by atoms with van der Waals surface area (Å²) in [5.74, 6) is 0.171. The molecule has 94 heavy (non-hydrogen) atoms. The minimum absolute atomic E-state index is 0.105. The lowest BCUT2D eigenvalue weighted by atomic mass is 9.99. The van der Waals surface area contributed by atoms with Crippen molar-refractivity contribution in [1.29, 1.82) is 0 Å². The van der Waals surface area contributed by atoms with E-state index in [1.54, 1.807) is 0 Å². The highest BCUT2D eigenvalue weighted by Crippen LogP contribution is 2.45. The van der Waals surface area contributed by atoms with Crippen LogP contribution in [-0.4, -0.2) is 96.7 Å². The van der Waals surface area contributed by atoms with Crippen molar-refractivity contribution in [2.75, 3.05) is 39.6 Å². The average Bonchev–Trinajstić information content (AvgIpc) is 3.29. The normalized spacial score (nSPS) is 14.4. The number of ether oxygens (including phenoxy) is 4. The zero-order chi connectivity index (χ0) is 69.4. The van der Waals surface area contributed by atoms with Gasteiger partial charge in [0.15, 0.2) is 12.2 Å². The molecule has 0 amide bonds. The first-order valence-electron chi connectivity index (χ1n) is 38.9. The summed E-state index contributed by atoms with van der Waals surface area (Å²) in [5, 5.41) is 10.6. The molecule has 0 aromatic carbocycles. The summed E-state index contributed by atoms with van der Waals surface area (Å²) in [4.78, 5) is 72.8. The SMILES string of the molecule is CCCCCCCCCCCCCCCCCCC(=O)O[C@H](COC(=O)CCCCCCCCCCCCC(C)CC)COP(=O)(O)OC[C@@H](O)COP(=O)(O)OC[C@@H](COC(=O)CCCCCCCCCCCC(C)C)OC(=O)CCCCCCCCCCCC(C)C. The lowest BCUT2D eigenvalue weighted by Gasteiger charge is -2.21. The van der Waals surface area contributed by atoms with E-state index in [9.17, 15) is 43.2 Å². The topological polar surface area (TPSA) is 237 Å². The zero-order valence-electron chi connectivity index (χ0n) is 61.4. The average molecular weight is 1380 g/mol. The van der Waals surface area contributed by atoms with Crippen LogP contribution >= 0.6 is 15.6 Å². The van der Waals surface area contributed by atoms with E-state index in [0.29, 0.717) is 25.7 Å². The van der Waals surface area contributed by atoms with Gasteiger partial charge < -0.3 is 33.8 Å². The molecule has 0 rings (SSSR count). The molecule has 0 bridgehead atoms. The number of esters is 4. The van der Waals surface area contributed by atoms with Gasteiger partial charge in [0.25, 0.3) is 0 Å². The van der Waals surface area contributed by atoms with E-state index in [4.69, 9.17) is 37.0 Å². The number of carbonyl (C=O) groups excluding carboxylic acids is 4. The molecule has 558 valence electrons. The Hall–Kier alpha value is -1.94. The Morgan fingerprint density at radius 1 is 0.309 bits per heavy atom. The van der Waals surface area contributed by atoms with Crippen LogP contribution in [0.4, 0.5) is 0 Å². The Morgan fingerprint density at radius 2 is 0.543 bits per heavy atom. The Labute approximate surface area is 575 Å². The van der Waals surface area contributed by atoms with Gasteiger partial charge in [-0.2, -0.15) is 0 Å². The number of aliphatic hydroxyl groups is 1. The number of unbranched alkanes of at least 4 members (excludes halogenated alkanes) is 40. The molecule has 0 saturated carbocycles. The second kappa shape index (κ2) is 65.7. The van der Waals surface area contributed by atoms with Crippen molar-refractivity contribution in [2.45, 2.75) is 401 Å². The lowest BCUT2D eigenvalue weighted by Crippen LogP contribution is -2.30. The fraction of sp³-hybridized carbons (Fsp3) is 0.947. The van der Waals surface area contributed by atoms with Crippen LogP contribution in [0.1, 0.15) is 382 Å². The van der Waals surface area contributed by atoms with E-state index >= 15 is 0 Å². The molecule has 0 aliphatic rings. The third-order valence-corrected chi connectivity index (χ3v) is 19.6. The maximum atomic E-state index is 13.1. The van der Waals surface area contributed by atoms with Crippen LogP contribution in [0.3, 0.4) is 0 Å². The molecule has 0 spiro atoms. The minimum Gasteiger partial charge on any atom is -0.462 e. The Bertz CT molecular complexity index is 1840. The first-order valence-corrected chi connectivity index (χ1v) is 41.9. The highest BCUT2D eigenvalue weighted by molar-refractivity contribution is 7.47. The van der Waals surface area contributed by atoms with Crippen LogP contribution in [-0.2, 0) is 65.4 Å². The molecule has 0 aromatic heterocycles. The van der Waals surface area contributed by atoms with Crippen LogP contribution in [0.5, 0.6) is 0 Å². The van der Waals surface area contributed by atoms with Crippen molar-refractivity contribution in [1.82, 2.24) is 0 Å². The van der Waals surface area contributed by atoms with E-state index in [1.165, 1.54) is 193 Å². The van der Waals surface area contributed by atoms with Crippen LogP contribution < -0.4 is 0 Å². The summed E-state index contributed by atoms with van der Waals surface area (Å²) in [6, 6.07) is 0. The van der Waals surface area contributed by atoms with Gasteiger partial charge in [-0.25, -0.2) is 9.13 Å². The quantitative estimate of drug-likeness (QED) is 0.0222. The first-order chi connectivity index (χ1) is 45.3. The first kappa shape index (κ1) is 92.1. The molecule has 0 aromatic rings. The molecule has 0 aliphatic heterocycles. The van der Waals surface area contributed by atoms with Gasteiger partial charge in [0.2, 0.25) is 0 Å². The van der Waals surface area contributed by atoms with Gasteiger partial charge in [0.1, 0.15) is 19.3 Å². The largest absolute Gasteiger partial charge is 0.472 e. The third kappa shape index (κ3) is 67.3. The molecule has 3 unspecified atom stereocenters. The molecule has 0 aliphatic carbocycles. The van der Waals surface area contributed by atoms with Gasteiger partial charge >= 0.3 is 39.5 Å². The van der Waals surface area contributed by atoms with E-state index in [2.05, 4.69) is 48.5 Å². The van der Waals surface area contributed by atoms with Crippen molar-refractivity contribution < 1.29 is 80.2 Å². The smallest absolute Gasteiger partial charge is 0.462 e. The summed E-state index contributed by atoms with van der Waals surface area (Å²) >= 11 is 0. The van der Waals surface area contributed by atoms with E-state index in [1.807, 2.05) is 0 Å². The van der Waals surface area contributed by atoms with Crippen molar-refractivity contribution in [2.24, 2.45) is 17.8 Å². The Morgan fingerprint density at radius 3 is 0.809 bits per heavy atom. The summed E-state index contributed by atoms with van der Waals surface area (Å²) in [7, 11) is -9.91. The molecule has 0 heterocycles. The maximum Gasteiger partial charge on any atom is 0.472 e. The number of rotatable bonds is 73. The molecular weight excluding hydrogens is 1230 g/mol. The second-order valence-electron chi connectivity index (χ2n) is 28.2.